The molecule has 0 saturated carbocycles. The number of anilines is 1. The highest BCUT2D eigenvalue weighted by Gasteiger charge is 2.09. The van der Waals surface area contributed by atoms with Crippen molar-refractivity contribution in [2.75, 3.05) is 26.1 Å². The number of hydrogen-bond acceptors (Lipinski definition) is 3. The average Bonchev–Trinajstić information content (AvgIpc) is 2.36. The predicted octanol–water partition coefficient (Wildman–Crippen LogP) is 1.88. The minimum atomic E-state index is -0.0451. The largest absolute Gasteiger partial charge is 0.388 e. The highest BCUT2D eigenvalue weighted by Crippen LogP contribution is 2.08. The molecule has 0 aliphatic rings. The Labute approximate surface area is 102 Å². The molecule has 1 rings (SSSR count). The lowest BCUT2D eigenvalue weighted by Crippen LogP contribution is -2.33. The summed E-state index contributed by atoms with van der Waals surface area (Å²) < 4.78 is 4.97. The molecule has 2 N–H and O–H groups in total. The first kappa shape index (κ1) is 13.5. The number of hydrogen-bond donors (Lipinski definition) is 2. The van der Waals surface area contributed by atoms with Gasteiger partial charge in [0.15, 0.2) is 0 Å². The summed E-state index contributed by atoms with van der Waals surface area (Å²) in [6.45, 7) is 2.62. The molecule has 0 spiro atoms. The molecule has 4 nitrogen and oxygen atoms in total. The van der Waals surface area contributed by atoms with Crippen molar-refractivity contribution in [1.29, 1.82) is 0 Å². The molecule has 1 aromatic carbocycles. The molecule has 1 unspecified atom stereocenters. The second-order valence-corrected chi connectivity index (χ2v) is 3.98. The topological polar surface area (TPSA) is 50.4 Å². The van der Waals surface area contributed by atoms with Crippen LogP contribution in [-0.2, 0) is 4.74 Å². The van der Waals surface area contributed by atoms with E-state index in [1.54, 1.807) is 7.11 Å². The van der Waals surface area contributed by atoms with Gasteiger partial charge in [-0.2, -0.15) is 0 Å². The van der Waals surface area contributed by atoms with Gasteiger partial charge in [0.25, 0.3) is 5.91 Å². The molecule has 0 bridgehead atoms. The number of nitrogens with one attached hydrogen (secondary N) is 2. The lowest BCUT2D eigenvalue weighted by atomic mass is 10.1. The van der Waals surface area contributed by atoms with E-state index in [0.29, 0.717) is 12.2 Å². The Morgan fingerprint density at radius 3 is 2.53 bits per heavy atom. The van der Waals surface area contributed by atoms with Gasteiger partial charge in [0, 0.05) is 38.1 Å². The van der Waals surface area contributed by atoms with Crippen molar-refractivity contribution in [3.8, 4) is 0 Å². The third-order valence-corrected chi connectivity index (χ3v) is 2.57. The van der Waals surface area contributed by atoms with Crippen LogP contribution in [0.25, 0.3) is 0 Å². The van der Waals surface area contributed by atoms with Crippen molar-refractivity contribution in [2.24, 2.45) is 0 Å². The van der Waals surface area contributed by atoms with Crippen LogP contribution in [0.4, 0.5) is 5.69 Å². The van der Waals surface area contributed by atoms with E-state index < -0.39 is 0 Å². The monoisotopic (exact) mass is 236 g/mol. The zero-order chi connectivity index (χ0) is 12.7. The van der Waals surface area contributed by atoms with Gasteiger partial charge in [-0.05, 0) is 37.6 Å². The van der Waals surface area contributed by atoms with Crippen molar-refractivity contribution < 1.29 is 9.53 Å². The zero-order valence-corrected chi connectivity index (χ0v) is 10.6. The fourth-order valence-electron chi connectivity index (χ4n) is 1.46. The highest BCUT2D eigenvalue weighted by atomic mass is 16.5. The maximum Gasteiger partial charge on any atom is 0.251 e. The standard InChI is InChI=1S/C13H20N2O2/c1-10(8-9-17-3)15-13(16)11-4-6-12(14-2)7-5-11/h4-7,10,14H,8-9H2,1-3H3,(H,15,16). The van der Waals surface area contributed by atoms with E-state index in [1.807, 2.05) is 38.2 Å². The molecule has 0 aliphatic carbocycles. The van der Waals surface area contributed by atoms with E-state index in [2.05, 4.69) is 10.6 Å². The van der Waals surface area contributed by atoms with Crippen LogP contribution in [-0.4, -0.2) is 32.7 Å². The van der Waals surface area contributed by atoms with E-state index in [0.717, 1.165) is 12.1 Å². The second kappa shape index (κ2) is 6.91. The van der Waals surface area contributed by atoms with Crippen LogP contribution < -0.4 is 10.6 Å². The maximum absolute atomic E-state index is 11.8. The van der Waals surface area contributed by atoms with Crippen LogP contribution in [0.2, 0.25) is 0 Å². The first-order valence-electron chi connectivity index (χ1n) is 5.75. The molecule has 0 heterocycles. The molecule has 0 saturated heterocycles. The molecule has 1 aromatic rings. The van der Waals surface area contributed by atoms with Crippen LogP contribution in [0.3, 0.4) is 0 Å². The van der Waals surface area contributed by atoms with Crippen LogP contribution in [0.1, 0.15) is 23.7 Å². The third kappa shape index (κ3) is 4.44. The van der Waals surface area contributed by atoms with Crippen molar-refractivity contribution in [2.45, 2.75) is 19.4 Å². The van der Waals surface area contributed by atoms with Gasteiger partial charge in [-0.1, -0.05) is 0 Å². The summed E-state index contributed by atoms with van der Waals surface area (Å²) in [4.78, 5) is 11.8. The van der Waals surface area contributed by atoms with E-state index in [9.17, 15) is 4.79 Å². The maximum atomic E-state index is 11.8. The first-order chi connectivity index (χ1) is 8.17. The van der Waals surface area contributed by atoms with Gasteiger partial charge < -0.3 is 15.4 Å². The Hall–Kier alpha value is -1.55. The molecule has 0 fully saturated rings. The molecule has 1 amide bonds. The molecule has 0 radical (unpaired) electrons. The number of methoxy groups -OCH3 is 1. The number of amides is 1. The van der Waals surface area contributed by atoms with Crippen molar-refractivity contribution in [3.05, 3.63) is 29.8 Å². The fraction of sp³-hybridized carbons (Fsp3) is 0.462. The molecule has 0 aliphatic heterocycles. The number of rotatable bonds is 6. The number of benzene rings is 1. The predicted molar refractivity (Wildman–Crippen MR) is 69.4 cm³/mol. The van der Waals surface area contributed by atoms with Crippen molar-refractivity contribution in [3.63, 3.8) is 0 Å². The van der Waals surface area contributed by atoms with Crippen LogP contribution in [0.5, 0.6) is 0 Å². The van der Waals surface area contributed by atoms with Crippen LogP contribution in [0.15, 0.2) is 24.3 Å². The number of ether oxygens (including phenoxy) is 1. The summed E-state index contributed by atoms with van der Waals surface area (Å²) in [6, 6.07) is 7.50. The summed E-state index contributed by atoms with van der Waals surface area (Å²) in [5.74, 6) is -0.0451. The Morgan fingerprint density at radius 1 is 1.35 bits per heavy atom. The fourth-order valence-corrected chi connectivity index (χ4v) is 1.46. The summed E-state index contributed by atoms with van der Waals surface area (Å²) in [6.07, 6.45) is 0.816. The van der Waals surface area contributed by atoms with Crippen molar-refractivity contribution in [1.82, 2.24) is 5.32 Å². The Morgan fingerprint density at radius 2 is 2.00 bits per heavy atom. The Bertz CT molecular complexity index is 349. The van der Waals surface area contributed by atoms with Crippen molar-refractivity contribution >= 4 is 11.6 Å². The summed E-state index contributed by atoms with van der Waals surface area (Å²) in [7, 11) is 3.51. The Kier molecular flexibility index (Phi) is 5.49. The summed E-state index contributed by atoms with van der Waals surface area (Å²) in [5, 5.41) is 5.94. The third-order valence-electron chi connectivity index (χ3n) is 2.57. The summed E-state index contributed by atoms with van der Waals surface area (Å²) >= 11 is 0. The number of carbonyl (C=O) groups excluding carboxylic acids is 1. The quantitative estimate of drug-likeness (QED) is 0.793. The van der Waals surface area contributed by atoms with Gasteiger partial charge in [0.05, 0.1) is 0 Å². The SMILES string of the molecule is CNc1ccc(C(=O)NC(C)CCOC)cc1. The average molecular weight is 236 g/mol. The van der Waals surface area contributed by atoms with Gasteiger partial charge in [0.1, 0.15) is 0 Å². The van der Waals surface area contributed by atoms with Crippen LogP contribution >= 0.6 is 0 Å². The summed E-state index contributed by atoms with van der Waals surface area (Å²) in [5.41, 5.74) is 1.67. The highest BCUT2D eigenvalue weighted by molar-refractivity contribution is 5.94. The van der Waals surface area contributed by atoms with Gasteiger partial charge in [-0.3, -0.25) is 4.79 Å². The minimum Gasteiger partial charge on any atom is -0.388 e. The normalized spacial score (nSPS) is 11.9. The second-order valence-electron chi connectivity index (χ2n) is 3.98. The molecule has 0 aromatic heterocycles. The van der Waals surface area contributed by atoms with Gasteiger partial charge in [-0.25, -0.2) is 0 Å². The minimum absolute atomic E-state index is 0.0451. The Balaban J connectivity index is 2.51. The van der Waals surface area contributed by atoms with E-state index in [-0.39, 0.29) is 11.9 Å². The lowest BCUT2D eigenvalue weighted by molar-refractivity contribution is 0.0929. The molecule has 94 valence electrons. The molecule has 4 heteroatoms. The van der Waals surface area contributed by atoms with Gasteiger partial charge >= 0.3 is 0 Å². The smallest absolute Gasteiger partial charge is 0.251 e. The van der Waals surface area contributed by atoms with E-state index >= 15 is 0 Å². The molecular formula is C13H20N2O2. The van der Waals surface area contributed by atoms with Crippen LogP contribution in [0, 0.1) is 0 Å². The van der Waals surface area contributed by atoms with Gasteiger partial charge in [-0.15, -0.1) is 0 Å². The number of carbonyl (C=O) groups is 1. The van der Waals surface area contributed by atoms with E-state index in [4.69, 9.17) is 4.74 Å². The zero-order valence-electron chi connectivity index (χ0n) is 10.6. The molecule has 17 heavy (non-hydrogen) atoms. The lowest BCUT2D eigenvalue weighted by Gasteiger charge is -2.13. The van der Waals surface area contributed by atoms with Gasteiger partial charge in [0.2, 0.25) is 0 Å². The first-order valence-corrected chi connectivity index (χ1v) is 5.75. The molecular weight excluding hydrogens is 216 g/mol. The molecule has 1 atom stereocenters. The van der Waals surface area contributed by atoms with E-state index in [1.165, 1.54) is 0 Å².